The lowest BCUT2D eigenvalue weighted by atomic mass is 9.42. The minimum Gasteiger partial charge on any atom is -0.459 e. The third-order valence-electron chi connectivity index (χ3n) is 11.5. The second kappa shape index (κ2) is 7.62. The van der Waals surface area contributed by atoms with Crippen LogP contribution in [0.5, 0.6) is 0 Å². The van der Waals surface area contributed by atoms with Crippen LogP contribution in [0, 0.1) is 34.5 Å². The molecule has 6 aliphatic rings. The quantitative estimate of drug-likeness (QED) is 0.444. The number of fused-ring (bicyclic) bond motifs is 2. The average Bonchev–Trinajstić information content (AvgIpc) is 3.24. The van der Waals surface area contributed by atoms with Gasteiger partial charge in [-0.3, -0.25) is 9.69 Å². The van der Waals surface area contributed by atoms with Crippen molar-refractivity contribution in [3.63, 3.8) is 0 Å². The minimum absolute atomic E-state index is 0.0616. The molecular formula is C26H41NO8. The maximum absolute atomic E-state index is 13.0. The normalized spacial score (nSPS) is 57.9. The predicted octanol–water partition coefficient (Wildman–Crippen LogP) is 0.188. The Kier molecular flexibility index (Phi) is 5.34. The molecule has 198 valence electrons. The van der Waals surface area contributed by atoms with Gasteiger partial charge in [0.15, 0.2) is 0 Å². The van der Waals surface area contributed by atoms with Crippen LogP contribution in [-0.2, 0) is 23.7 Å². The maximum Gasteiger partial charge on any atom is 0.303 e. The number of esters is 1. The Bertz CT molecular complexity index is 903. The Balaban J connectivity index is 1.68. The fraction of sp³-hybridized carbons (Fsp3) is 0.962. The number of piperidine rings is 1. The first-order chi connectivity index (χ1) is 16.6. The molecule has 1 aliphatic heterocycles. The number of ether oxygens (including phenoxy) is 4. The first kappa shape index (κ1) is 24.5. The summed E-state index contributed by atoms with van der Waals surface area (Å²) >= 11 is 0. The van der Waals surface area contributed by atoms with Crippen LogP contribution in [0.2, 0.25) is 0 Å². The molecule has 9 heteroatoms. The van der Waals surface area contributed by atoms with E-state index in [1.54, 1.807) is 21.3 Å². The molecule has 5 aliphatic carbocycles. The standard InChI is InChI=1S/C26H41NO8/c1-6-27-11-23(12-32-3)8-7-17(29)25-15-9-14-16(33-4)10-24(30,18(15)19(14)34-5)26(31,22(25)27)21(20(23)25)35-13(2)28/h14-22,29-31H,6-12H2,1-5H3/t14-,15-,16+,17+,18-,19-,20+,21+,22-,23-,24-,25-,26+/m1/s1. The predicted molar refractivity (Wildman–Crippen MR) is 123 cm³/mol. The molecule has 6 fully saturated rings. The highest BCUT2D eigenvalue weighted by Crippen LogP contribution is 2.80. The van der Waals surface area contributed by atoms with E-state index in [0.717, 1.165) is 6.42 Å². The number of likely N-dealkylation sites (tertiary alicyclic amines) is 1. The summed E-state index contributed by atoms with van der Waals surface area (Å²) in [6, 6.07) is -0.548. The molecule has 0 aromatic rings. The molecule has 0 aromatic carbocycles. The number of carbonyl (C=O) groups is 1. The lowest BCUT2D eigenvalue weighted by molar-refractivity contribution is -0.318. The van der Waals surface area contributed by atoms with Crippen molar-refractivity contribution in [1.29, 1.82) is 0 Å². The van der Waals surface area contributed by atoms with Crippen molar-refractivity contribution in [2.45, 2.75) is 81.2 Å². The van der Waals surface area contributed by atoms with Gasteiger partial charge in [0.05, 0.1) is 31.0 Å². The van der Waals surface area contributed by atoms with E-state index in [1.165, 1.54) is 6.92 Å². The van der Waals surface area contributed by atoms with Gasteiger partial charge in [-0.1, -0.05) is 6.92 Å². The Hall–Kier alpha value is -0.810. The summed E-state index contributed by atoms with van der Waals surface area (Å²) in [6.07, 6.45) is -0.00237. The zero-order valence-electron chi connectivity index (χ0n) is 21.5. The van der Waals surface area contributed by atoms with Crippen LogP contribution in [0.4, 0.5) is 0 Å². The zero-order chi connectivity index (χ0) is 25.1. The molecule has 0 radical (unpaired) electrons. The molecule has 0 amide bonds. The molecule has 13 atom stereocenters. The summed E-state index contributed by atoms with van der Waals surface area (Å²) in [4.78, 5) is 14.8. The average molecular weight is 496 g/mol. The molecule has 35 heavy (non-hydrogen) atoms. The van der Waals surface area contributed by atoms with Gasteiger partial charge in [0, 0.05) is 69.8 Å². The lowest BCUT2D eigenvalue weighted by Gasteiger charge is -2.69. The van der Waals surface area contributed by atoms with Crippen LogP contribution < -0.4 is 0 Å². The van der Waals surface area contributed by atoms with Crippen LogP contribution in [0.15, 0.2) is 0 Å². The van der Waals surface area contributed by atoms with E-state index in [2.05, 4.69) is 11.8 Å². The Morgan fingerprint density at radius 1 is 1.17 bits per heavy atom. The molecule has 7 bridgehead atoms. The first-order valence-corrected chi connectivity index (χ1v) is 13.2. The van der Waals surface area contributed by atoms with Crippen LogP contribution >= 0.6 is 0 Å². The fourth-order valence-electron chi connectivity index (χ4n) is 11.0. The van der Waals surface area contributed by atoms with Crippen molar-refractivity contribution in [2.75, 3.05) is 41.0 Å². The zero-order valence-corrected chi connectivity index (χ0v) is 21.5. The van der Waals surface area contributed by atoms with E-state index in [-0.39, 0.29) is 36.4 Å². The Morgan fingerprint density at radius 3 is 2.51 bits per heavy atom. The van der Waals surface area contributed by atoms with Crippen molar-refractivity contribution in [2.24, 2.45) is 34.5 Å². The molecule has 9 nitrogen and oxygen atoms in total. The van der Waals surface area contributed by atoms with Gasteiger partial charge in [0.25, 0.3) is 0 Å². The second-order valence-corrected chi connectivity index (χ2v) is 12.3. The third kappa shape index (κ3) is 2.48. The SMILES string of the molecule is CCN1C[C@@]2(COC)CC[C@H](O)[C@@]34[C@@H]5C[C@H]6[C@@H](OC)[C@@H]5[C@](O)(C[C@@H]6OC)[C@@](O)([C@H]13)[C@@H](OC(C)=O)[C@@H]24. The highest BCUT2D eigenvalue weighted by atomic mass is 16.6. The van der Waals surface area contributed by atoms with Crippen LogP contribution in [0.25, 0.3) is 0 Å². The van der Waals surface area contributed by atoms with Crippen molar-refractivity contribution < 1.29 is 39.1 Å². The molecule has 5 saturated carbocycles. The van der Waals surface area contributed by atoms with Crippen molar-refractivity contribution >= 4 is 5.97 Å². The number of methoxy groups -OCH3 is 3. The summed E-state index contributed by atoms with van der Waals surface area (Å²) in [7, 11) is 4.98. The van der Waals surface area contributed by atoms with Gasteiger partial charge in [-0.25, -0.2) is 0 Å². The molecule has 0 aromatic heterocycles. The van der Waals surface area contributed by atoms with Crippen molar-refractivity contribution in [3.05, 3.63) is 0 Å². The second-order valence-electron chi connectivity index (χ2n) is 12.3. The van der Waals surface area contributed by atoms with Gasteiger partial charge in [-0.05, 0) is 31.7 Å². The smallest absolute Gasteiger partial charge is 0.303 e. The summed E-state index contributed by atoms with van der Waals surface area (Å²) in [5, 5.41) is 37.8. The molecule has 1 spiro atoms. The Morgan fingerprint density at radius 2 is 1.91 bits per heavy atom. The van der Waals surface area contributed by atoms with Crippen LogP contribution in [0.3, 0.4) is 0 Å². The topological polar surface area (TPSA) is 118 Å². The molecule has 1 saturated heterocycles. The fourth-order valence-corrected chi connectivity index (χ4v) is 11.0. The van der Waals surface area contributed by atoms with Gasteiger partial charge >= 0.3 is 5.97 Å². The Labute approximate surface area is 207 Å². The number of aliphatic hydroxyl groups is 3. The summed E-state index contributed by atoms with van der Waals surface area (Å²) in [6.45, 7) is 5.17. The largest absolute Gasteiger partial charge is 0.459 e. The van der Waals surface area contributed by atoms with E-state index in [1.807, 2.05) is 0 Å². The molecule has 6 rings (SSSR count). The summed E-state index contributed by atoms with van der Waals surface area (Å²) in [5.41, 5.74) is -4.56. The van der Waals surface area contributed by atoms with E-state index >= 15 is 0 Å². The monoisotopic (exact) mass is 495 g/mol. The number of rotatable bonds is 6. The van der Waals surface area contributed by atoms with Gasteiger partial charge < -0.3 is 34.3 Å². The summed E-state index contributed by atoms with van der Waals surface area (Å²) in [5.74, 6) is -1.27. The van der Waals surface area contributed by atoms with E-state index in [0.29, 0.717) is 32.5 Å². The number of hydrogen-bond donors (Lipinski definition) is 3. The van der Waals surface area contributed by atoms with Crippen LogP contribution in [0.1, 0.15) is 39.5 Å². The number of aliphatic hydroxyl groups excluding tert-OH is 1. The van der Waals surface area contributed by atoms with Gasteiger partial charge in [0.1, 0.15) is 17.3 Å². The molecule has 3 N–H and O–H groups in total. The van der Waals surface area contributed by atoms with E-state index in [4.69, 9.17) is 18.9 Å². The highest BCUT2D eigenvalue weighted by molar-refractivity contribution is 5.67. The first-order valence-electron chi connectivity index (χ1n) is 13.2. The number of likely N-dealkylation sites (N-methyl/N-ethyl adjacent to an activating group) is 1. The van der Waals surface area contributed by atoms with Crippen molar-refractivity contribution in [3.8, 4) is 0 Å². The highest BCUT2D eigenvalue weighted by Gasteiger charge is 2.92. The summed E-state index contributed by atoms with van der Waals surface area (Å²) < 4.78 is 23.8. The number of nitrogens with zero attached hydrogens (tertiary/aromatic N) is 1. The third-order valence-corrected chi connectivity index (χ3v) is 11.5. The molecule has 0 unspecified atom stereocenters. The number of carbonyl (C=O) groups excluding carboxylic acids is 1. The maximum atomic E-state index is 13.0. The van der Waals surface area contributed by atoms with E-state index < -0.39 is 52.2 Å². The minimum atomic E-state index is -1.79. The number of hydrogen-bond acceptors (Lipinski definition) is 9. The van der Waals surface area contributed by atoms with Gasteiger partial charge in [-0.15, -0.1) is 0 Å². The van der Waals surface area contributed by atoms with E-state index in [9.17, 15) is 20.1 Å². The molecule has 1 heterocycles. The van der Waals surface area contributed by atoms with Gasteiger partial charge in [-0.2, -0.15) is 0 Å². The lowest BCUT2D eigenvalue weighted by Crippen LogP contribution is -2.82. The van der Waals surface area contributed by atoms with Crippen molar-refractivity contribution in [1.82, 2.24) is 4.90 Å². The van der Waals surface area contributed by atoms with Crippen LogP contribution in [-0.4, -0.2) is 109 Å². The van der Waals surface area contributed by atoms with Gasteiger partial charge in [0.2, 0.25) is 0 Å². The molecular weight excluding hydrogens is 454 g/mol.